The second kappa shape index (κ2) is 10.6. The Bertz CT molecular complexity index is 1050. The van der Waals surface area contributed by atoms with E-state index >= 15 is 0 Å². The largest absolute Gasteiger partial charge is 0.363 e. The van der Waals surface area contributed by atoms with Crippen LogP contribution in [0.2, 0.25) is 0 Å². The van der Waals surface area contributed by atoms with Crippen LogP contribution in [-0.4, -0.2) is 64.6 Å². The summed E-state index contributed by atoms with van der Waals surface area (Å²) in [5.41, 5.74) is 4.40. The van der Waals surface area contributed by atoms with Gasteiger partial charge in [0.15, 0.2) is 0 Å². The van der Waals surface area contributed by atoms with Gasteiger partial charge < -0.3 is 26.6 Å². The molecule has 4 fully saturated rings. The van der Waals surface area contributed by atoms with Crippen molar-refractivity contribution in [1.29, 1.82) is 0 Å². The van der Waals surface area contributed by atoms with E-state index in [9.17, 15) is 24.0 Å². The Morgan fingerprint density at radius 3 is 2.00 bits per heavy atom. The highest BCUT2D eigenvalue weighted by atomic mass is 16.2. The fourth-order valence-corrected chi connectivity index (χ4v) is 6.99. The third-order valence-electron chi connectivity index (χ3n) is 9.53. The molecule has 3 aliphatic carbocycles. The van der Waals surface area contributed by atoms with Gasteiger partial charge in [-0.05, 0) is 87.9 Å². The first kappa shape index (κ1) is 30.3. The van der Waals surface area contributed by atoms with E-state index in [2.05, 4.69) is 16.0 Å². The SMILES string of the molecule is CC(C)(C)NC(=O)N[C@H](C(=O)N1CC2(CCC3(CC3)C2)C[C@H]1C(=O)NC(CC1CCC1)C(=O)C(N)=O)C(C)(C)C. The fraction of sp³-hybridized carbons (Fsp3) is 0.833. The maximum Gasteiger partial charge on any atom is 0.315 e. The highest BCUT2D eigenvalue weighted by Crippen LogP contribution is 2.66. The monoisotopic (exact) mass is 559 g/mol. The third-order valence-corrected chi connectivity index (χ3v) is 9.53. The molecule has 0 aromatic heterocycles. The van der Waals surface area contributed by atoms with Crippen LogP contribution >= 0.6 is 0 Å². The molecule has 4 rings (SSSR count). The van der Waals surface area contributed by atoms with Crippen molar-refractivity contribution >= 4 is 29.5 Å². The first-order chi connectivity index (χ1) is 18.4. The van der Waals surface area contributed by atoms with Gasteiger partial charge in [-0.1, -0.05) is 40.0 Å². The average molecular weight is 560 g/mol. The van der Waals surface area contributed by atoms with E-state index in [0.29, 0.717) is 24.8 Å². The number of rotatable bonds is 8. The van der Waals surface area contributed by atoms with E-state index in [0.717, 1.165) is 38.5 Å². The van der Waals surface area contributed by atoms with E-state index in [1.807, 2.05) is 41.5 Å². The van der Waals surface area contributed by atoms with Crippen molar-refractivity contribution in [3.05, 3.63) is 0 Å². The van der Waals surface area contributed by atoms with Crippen molar-refractivity contribution in [3.8, 4) is 0 Å². The van der Waals surface area contributed by atoms with Crippen molar-refractivity contribution in [2.24, 2.45) is 27.9 Å². The minimum atomic E-state index is -1.06. The molecular formula is C30H49N5O5. The van der Waals surface area contributed by atoms with Crippen LogP contribution in [0.25, 0.3) is 0 Å². The molecule has 1 saturated heterocycles. The van der Waals surface area contributed by atoms with Crippen molar-refractivity contribution < 1.29 is 24.0 Å². The van der Waals surface area contributed by atoms with Crippen LogP contribution in [0.15, 0.2) is 0 Å². The number of nitrogens with two attached hydrogens (primary N) is 1. The summed E-state index contributed by atoms with van der Waals surface area (Å²) in [6.45, 7) is 11.7. The summed E-state index contributed by atoms with van der Waals surface area (Å²) < 4.78 is 0. The predicted octanol–water partition coefficient (Wildman–Crippen LogP) is 2.78. The topological polar surface area (TPSA) is 151 Å². The average Bonchev–Trinajstić information content (AvgIpc) is 3.30. The van der Waals surface area contributed by atoms with Crippen LogP contribution in [0.1, 0.15) is 106 Å². The Morgan fingerprint density at radius 1 is 0.925 bits per heavy atom. The van der Waals surface area contributed by atoms with Gasteiger partial charge in [0.05, 0.1) is 6.04 Å². The molecule has 0 aromatic carbocycles. The number of carbonyl (C=O) groups excluding carboxylic acids is 5. The van der Waals surface area contributed by atoms with Crippen LogP contribution in [-0.2, 0) is 19.2 Å². The summed E-state index contributed by atoms with van der Waals surface area (Å²) in [5.74, 6) is -2.32. The van der Waals surface area contributed by atoms with E-state index in [1.165, 1.54) is 12.8 Å². The van der Waals surface area contributed by atoms with Gasteiger partial charge in [0.2, 0.25) is 17.6 Å². The number of nitrogens with one attached hydrogen (secondary N) is 3. The van der Waals surface area contributed by atoms with E-state index in [1.54, 1.807) is 4.90 Å². The zero-order chi connectivity index (χ0) is 29.7. The number of urea groups is 1. The summed E-state index contributed by atoms with van der Waals surface area (Å²) in [6, 6.07) is -3.09. The number of nitrogens with zero attached hydrogens (tertiary/aromatic N) is 1. The number of hydrogen-bond acceptors (Lipinski definition) is 5. The molecule has 1 aliphatic heterocycles. The molecular weight excluding hydrogens is 510 g/mol. The lowest BCUT2D eigenvalue weighted by atomic mass is 9.80. The lowest BCUT2D eigenvalue weighted by Gasteiger charge is -2.36. The lowest BCUT2D eigenvalue weighted by Crippen LogP contribution is -2.61. The van der Waals surface area contributed by atoms with Gasteiger partial charge in [0.25, 0.3) is 5.91 Å². The maximum absolute atomic E-state index is 14.2. The normalized spacial score (nSPS) is 27.1. The Kier molecular flexibility index (Phi) is 8.06. The molecule has 5 N–H and O–H groups in total. The predicted molar refractivity (Wildman–Crippen MR) is 151 cm³/mol. The van der Waals surface area contributed by atoms with Gasteiger partial charge in [-0.3, -0.25) is 19.2 Å². The number of hydrogen-bond donors (Lipinski definition) is 4. The van der Waals surface area contributed by atoms with Crippen LogP contribution in [0.5, 0.6) is 0 Å². The Hall–Kier alpha value is -2.65. The Labute approximate surface area is 238 Å². The number of primary amides is 1. The molecule has 1 heterocycles. The molecule has 40 heavy (non-hydrogen) atoms. The van der Waals surface area contributed by atoms with Crippen LogP contribution in [0, 0.1) is 22.2 Å². The minimum absolute atomic E-state index is 0.165. The number of carbonyl (C=O) groups is 5. The highest BCUT2D eigenvalue weighted by molar-refractivity contribution is 6.37. The molecule has 0 radical (unpaired) electrons. The summed E-state index contributed by atoms with van der Waals surface area (Å²) in [4.78, 5) is 67.1. The molecule has 3 saturated carbocycles. The maximum atomic E-state index is 14.2. The zero-order valence-electron chi connectivity index (χ0n) is 25.2. The van der Waals surface area contributed by atoms with Crippen molar-refractivity contribution in [2.45, 2.75) is 129 Å². The van der Waals surface area contributed by atoms with Gasteiger partial charge in [0.1, 0.15) is 12.1 Å². The first-order valence-corrected chi connectivity index (χ1v) is 15.0. The number of likely N-dealkylation sites (tertiary alicyclic amines) is 1. The fourth-order valence-electron chi connectivity index (χ4n) is 6.99. The van der Waals surface area contributed by atoms with Gasteiger partial charge in [-0.25, -0.2) is 4.79 Å². The number of amides is 5. The van der Waals surface area contributed by atoms with Crippen LogP contribution in [0.3, 0.4) is 0 Å². The second-order valence-corrected chi connectivity index (χ2v) is 15.3. The standard InChI is InChI=1S/C30H49N5O5/c1-27(2,3)22(33-26(40)34-28(4,5)6)25(39)35-17-30(13-12-29(16-30)10-11-29)15-20(35)24(38)32-19(21(36)23(31)37)14-18-8-7-9-18/h18-20,22H,7-17H2,1-6H3,(H2,31,37)(H,32,38)(H2,33,34,40)/t19?,20-,22+,30?/m0/s1. The zero-order valence-corrected chi connectivity index (χ0v) is 25.2. The van der Waals surface area contributed by atoms with E-state index in [-0.39, 0.29) is 17.2 Å². The summed E-state index contributed by atoms with van der Waals surface area (Å²) in [7, 11) is 0. The molecule has 224 valence electrons. The van der Waals surface area contributed by atoms with E-state index < -0.39 is 52.7 Å². The van der Waals surface area contributed by atoms with Crippen molar-refractivity contribution in [3.63, 3.8) is 0 Å². The summed E-state index contributed by atoms with van der Waals surface area (Å²) >= 11 is 0. The highest BCUT2D eigenvalue weighted by Gasteiger charge is 2.60. The summed E-state index contributed by atoms with van der Waals surface area (Å²) in [6.07, 6.45) is 9.27. The first-order valence-electron chi connectivity index (χ1n) is 15.0. The number of Topliss-reactive ketones (excluding diaryl/α,β-unsaturated/α-hetero) is 1. The second-order valence-electron chi connectivity index (χ2n) is 15.3. The molecule has 0 bridgehead atoms. The molecule has 10 heteroatoms. The Balaban J connectivity index is 1.58. The Morgan fingerprint density at radius 2 is 1.52 bits per heavy atom. The molecule has 4 aliphatic rings. The molecule has 2 spiro atoms. The van der Waals surface area contributed by atoms with Crippen molar-refractivity contribution in [2.75, 3.05) is 6.54 Å². The number of ketones is 1. The quantitative estimate of drug-likeness (QED) is 0.337. The molecule has 0 aromatic rings. The van der Waals surface area contributed by atoms with Gasteiger partial charge >= 0.3 is 6.03 Å². The van der Waals surface area contributed by atoms with Gasteiger partial charge in [0, 0.05) is 12.1 Å². The molecule has 2 unspecified atom stereocenters. The molecule has 5 amide bonds. The van der Waals surface area contributed by atoms with Crippen LogP contribution < -0.4 is 21.7 Å². The van der Waals surface area contributed by atoms with Gasteiger partial charge in [-0.15, -0.1) is 0 Å². The van der Waals surface area contributed by atoms with Gasteiger partial charge in [-0.2, -0.15) is 0 Å². The van der Waals surface area contributed by atoms with Crippen molar-refractivity contribution in [1.82, 2.24) is 20.9 Å². The van der Waals surface area contributed by atoms with Crippen LogP contribution in [0.4, 0.5) is 4.79 Å². The molecule has 4 atom stereocenters. The third kappa shape index (κ3) is 6.79. The minimum Gasteiger partial charge on any atom is -0.363 e. The lowest BCUT2D eigenvalue weighted by molar-refractivity contribution is -0.143. The van der Waals surface area contributed by atoms with E-state index in [4.69, 9.17) is 5.73 Å². The smallest absolute Gasteiger partial charge is 0.315 e. The summed E-state index contributed by atoms with van der Waals surface area (Å²) in [5, 5.41) is 8.58. The molecule has 10 nitrogen and oxygen atoms in total.